The first-order chi connectivity index (χ1) is 9.51. The molecule has 0 spiro atoms. The molecule has 1 fully saturated rings. The van der Waals surface area contributed by atoms with Gasteiger partial charge in [-0.2, -0.15) is 0 Å². The Balaban J connectivity index is 2.18. The number of anilines is 1. The monoisotopic (exact) mass is 387 g/mol. The van der Waals surface area contributed by atoms with Crippen LogP contribution in [0.25, 0.3) is 0 Å². The van der Waals surface area contributed by atoms with E-state index >= 15 is 0 Å². The van der Waals surface area contributed by atoms with Gasteiger partial charge >= 0.3 is 0 Å². The van der Waals surface area contributed by atoms with E-state index in [1.165, 1.54) is 32.1 Å². The number of nitrogens with two attached hydrogens (primary N) is 1. The summed E-state index contributed by atoms with van der Waals surface area (Å²) >= 11 is 2.29. The highest BCUT2D eigenvalue weighted by molar-refractivity contribution is 14.1. The summed E-state index contributed by atoms with van der Waals surface area (Å²) in [7, 11) is 0. The molecule has 0 bridgehead atoms. The molecule has 1 saturated carbocycles. The number of nitrogens with zero attached hydrogens (tertiary/aromatic N) is 2. The molecule has 0 aliphatic heterocycles. The number of nitrogen functional groups attached to an aromatic ring is 1. The van der Waals surface area contributed by atoms with Gasteiger partial charge in [-0.1, -0.05) is 27.2 Å². The zero-order valence-electron chi connectivity index (χ0n) is 12.8. The van der Waals surface area contributed by atoms with Gasteiger partial charge in [-0.15, -0.1) is 0 Å². The van der Waals surface area contributed by atoms with Crippen LogP contribution in [0.4, 0.5) is 5.82 Å². The van der Waals surface area contributed by atoms with E-state index in [0.29, 0.717) is 17.7 Å². The summed E-state index contributed by atoms with van der Waals surface area (Å²) < 4.78 is 1.04. The highest BCUT2D eigenvalue weighted by Gasteiger charge is 2.24. The van der Waals surface area contributed by atoms with Crippen molar-refractivity contribution in [2.45, 2.75) is 65.2 Å². The molecule has 2 rings (SSSR count). The standard InChI is InChI=1S/C16H26IN3/c1-4-11-5-7-12(8-6-11)16-19-13(9-10(2)3)14(17)15(18)20-16/h10-12H,4-9H2,1-3H3,(H2,18,19,20). The first kappa shape index (κ1) is 16.0. The molecule has 1 heterocycles. The maximum Gasteiger partial charge on any atom is 0.140 e. The number of halogens is 1. The predicted molar refractivity (Wildman–Crippen MR) is 92.7 cm³/mol. The maximum absolute atomic E-state index is 6.10. The molecule has 20 heavy (non-hydrogen) atoms. The van der Waals surface area contributed by atoms with E-state index in [0.717, 1.165) is 27.4 Å². The van der Waals surface area contributed by atoms with Crippen molar-refractivity contribution in [3.63, 3.8) is 0 Å². The minimum Gasteiger partial charge on any atom is -0.383 e. The van der Waals surface area contributed by atoms with Crippen LogP contribution in [0, 0.1) is 15.4 Å². The Morgan fingerprint density at radius 1 is 1.20 bits per heavy atom. The Labute approximate surface area is 136 Å². The van der Waals surface area contributed by atoms with Crippen molar-refractivity contribution in [1.29, 1.82) is 0 Å². The third kappa shape index (κ3) is 3.83. The lowest BCUT2D eigenvalue weighted by Gasteiger charge is -2.27. The van der Waals surface area contributed by atoms with Crippen LogP contribution in [0.1, 0.15) is 70.3 Å². The maximum atomic E-state index is 6.10. The molecule has 1 aromatic rings. The number of hydrogen-bond donors (Lipinski definition) is 1. The fraction of sp³-hybridized carbons (Fsp3) is 0.750. The third-order valence-electron chi connectivity index (χ3n) is 4.35. The van der Waals surface area contributed by atoms with E-state index in [4.69, 9.17) is 10.7 Å². The molecule has 0 atom stereocenters. The molecule has 112 valence electrons. The second-order valence-electron chi connectivity index (χ2n) is 6.45. The van der Waals surface area contributed by atoms with Gasteiger partial charge in [-0.25, -0.2) is 9.97 Å². The van der Waals surface area contributed by atoms with Gasteiger partial charge in [0.25, 0.3) is 0 Å². The summed E-state index contributed by atoms with van der Waals surface area (Å²) in [4.78, 5) is 9.42. The fourth-order valence-electron chi connectivity index (χ4n) is 3.07. The van der Waals surface area contributed by atoms with Crippen molar-refractivity contribution < 1.29 is 0 Å². The second-order valence-corrected chi connectivity index (χ2v) is 7.53. The number of rotatable bonds is 4. The summed E-state index contributed by atoms with van der Waals surface area (Å²) in [5, 5.41) is 0. The first-order valence-electron chi connectivity index (χ1n) is 7.83. The molecule has 4 heteroatoms. The smallest absolute Gasteiger partial charge is 0.140 e. The van der Waals surface area contributed by atoms with Crippen LogP contribution in [0.2, 0.25) is 0 Å². The quantitative estimate of drug-likeness (QED) is 0.772. The average Bonchev–Trinajstić information content (AvgIpc) is 2.43. The van der Waals surface area contributed by atoms with Crippen LogP contribution in [0.3, 0.4) is 0 Å². The molecule has 1 aromatic heterocycles. The van der Waals surface area contributed by atoms with Crippen LogP contribution >= 0.6 is 22.6 Å². The van der Waals surface area contributed by atoms with Gasteiger partial charge in [0.05, 0.1) is 9.26 Å². The lowest BCUT2D eigenvalue weighted by atomic mass is 9.80. The lowest BCUT2D eigenvalue weighted by molar-refractivity contribution is 0.312. The Morgan fingerprint density at radius 2 is 1.85 bits per heavy atom. The molecule has 0 unspecified atom stereocenters. The van der Waals surface area contributed by atoms with E-state index < -0.39 is 0 Å². The minimum absolute atomic E-state index is 0.517. The summed E-state index contributed by atoms with van der Waals surface area (Å²) in [5.74, 6) is 3.68. The van der Waals surface area contributed by atoms with Gasteiger partial charge < -0.3 is 5.73 Å². The number of hydrogen-bond acceptors (Lipinski definition) is 3. The molecular formula is C16H26IN3. The summed E-state index contributed by atoms with van der Waals surface area (Å²) in [6.07, 6.45) is 7.37. The highest BCUT2D eigenvalue weighted by Crippen LogP contribution is 2.36. The van der Waals surface area contributed by atoms with E-state index in [1.807, 2.05) is 0 Å². The second kappa shape index (κ2) is 7.05. The van der Waals surface area contributed by atoms with Crippen molar-refractivity contribution in [2.75, 3.05) is 5.73 Å². The average molecular weight is 387 g/mol. The van der Waals surface area contributed by atoms with Crippen molar-refractivity contribution in [1.82, 2.24) is 9.97 Å². The van der Waals surface area contributed by atoms with Gasteiger partial charge in [-0.3, -0.25) is 0 Å². The predicted octanol–water partition coefficient (Wildman–Crippen LogP) is 4.55. The van der Waals surface area contributed by atoms with Gasteiger partial charge in [0.15, 0.2) is 0 Å². The lowest BCUT2D eigenvalue weighted by Crippen LogP contribution is -2.17. The molecule has 1 aliphatic rings. The van der Waals surface area contributed by atoms with Crippen LogP contribution in [0.15, 0.2) is 0 Å². The van der Waals surface area contributed by atoms with Crippen LogP contribution in [0.5, 0.6) is 0 Å². The summed E-state index contributed by atoms with van der Waals surface area (Å²) in [6.45, 7) is 6.74. The highest BCUT2D eigenvalue weighted by atomic mass is 127. The van der Waals surface area contributed by atoms with Gasteiger partial charge in [0.1, 0.15) is 11.6 Å². The molecular weight excluding hydrogens is 361 g/mol. The largest absolute Gasteiger partial charge is 0.383 e. The zero-order valence-corrected chi connectivity index (χ0v) is 15.0. The van der Waals surface area contributed by atoms with Crippen LogP contribution < -0.4 is 5.73 Å². The third-order valence-corrected chi connectivity index (χ3v) is 5.53. The first-order valence-corrected chi connectivity index (χ1v) is 8.90. The van der Waals surface area contributed by atoms with E-state index in [9.17, 15) is 0 Å². The molecule has 3 nitrogen and oxygen atoms in total. The molecule has 2 N–H and O–H groups in total. The Morgan fingerprint density at radius 3 is 2.40 bits per heavy atom. The zero-order chi connectivity index (χ0) is 14.7. The molecule has 0 saturated heterocycles. The van der Waals surface area contributed by atoms with Gasteiger partial charge in [-0.05, 0) is 66.5 Å². The van der Waals surface area contributed by atoms with E-state index in [1.54, 1.807) is 0 Å². The summed E-state index contributed by atoms with van der Waals surface area (Å²) in [5.41, 5.74) is 7.24. The van der Waals surface area contributed by atoms with Crippen molar-refractivity contribution in [3.8, 4) is 0 Å². The SMILES string of the molecule is CCC1CCC(c2nc(N)c(I)c(CC(C)C)n2)CC1. The molecule has 0 amide bonds. The molecule has 0 aromatic carbocycles. The van der Waals surface area contributed by atoms with Crippen molar-refractivity contribution in [2.24, 2.45) is 11.8 Å². The fourth-order valence-corrected chi connectivity index (χ4v) is 3.53. The number of aromatic nitrogens is 2. The summed E-state index contributed by atoms with van der Waals surface area (Å²) in [6, 6.07) is 0. The minimum atomic E-state index is 0.517. The Hall–Kier alpha value is -0.390. The topological polar surface area (TPSA) is 51.8 Å². The normalized spacial score (nSPS) is 23.2. The van der Waals surface area contributed by atoms with Crippen molar-refractivity contribution in [3.05, 3.63) is 15.1 Å². The van der Waals surface area contributed by atoms with Crippen LogP contribution in [-0.4, -0.2) is 9.97 Å². The molecule has 0 radical (unpaired) electrons. The van der Waals surface area contributed by atoms with Crippen LogP contribution in [-0.2, 0) is 6.42 Å². The molecule has 1 aliphatic carbocycles. The Bertz CT molecular complexity index is 451. The van der Waals surface area contributed by atoms with E-state index in [2.05, 4.69) is 48.3 Å². The van der Waals surface area contributed by atoms with E-state index in [-0.39, 0.29) is 0 Å². The van der Waals surface area contributed by atoms with Gasteiger partial charge in [0.2, 0.25) is 0 Å². The van der Waals surface area contributed by atoms with Crippen molar-refractivity contribution >= 4 is 28.4 Å². The van der Waals surface area contributed by atoms with Gasteiger partial charge in [0, 0.05) is 5.92 Å². The Kier molecular flexibility index (Phi) is 5.64.